The Balaban J connectivity index is 0.000000285. The van der Waals surface area contributed by atoms with Crippen molar-refractivity contribution >= 4 is 28.4 Å². The molecule has 0 unspecified atom stereocenters. The van der Waals surface area contributed by atoms with E-state index >= 15 is 0 Å². The van der Waals surface area contributed by atoms with E-state index in [9.17, 15) is 0 Å². The Morgan fingerprint density at radius 3 is 1.56 bits per heavy atom. The number of hydrogen-bond acceptors (Lipinski definition) is 0. The van der Waals surface area contributed by atoms with Crippen LogP contribution in [0.15, 0.2) is 133 Å². The molecule has 7 aromatic carbocycles. The van der Waals surface area contributed by atoms with Gasteiger partial charge in [0.2, 0.25) is 0 Å². The maximum absolute atomic E-state index is 3.06. The SMILES string of the molecule is CC(C)c1cc2c(-c3ccccc3)cccc2[cH-]1.Cc1cc2c(-c3ccc(C(C)(C)C)cc3)cc(-c3ccc(C(C)(C)C)cc3)cc2[cH-]1.[CH3-].[CH3-].[Si]=[Zr]. The van der Waals surface area contributed by atoms with Gasteiger partial charge < -0.3 is 14.9 Å². The van der Waals surface area contributed by atoms with Gasteiger partial charge in [0.15, 0.2) is 0 Å². The van der Waals surface area contributed by atoms with E-state index in [0.29, 0.717) is 5.92 Å². The second-order valence-corrected chi connectivity index (χ2v) is 15.8. The third kappa shape index (κ3) is 9.89. The quantitative estimate of drug-likeness (QED) is 0.123. The maximum atomic E-state index is 3.06. The third-order valence-electron chi connectivity index (χ3n) is 9.64. The average molecular weight is 776 g/mol. The Morgan fingerprint density at radius 1 is 0.500 bits per heavy atom. The molecule has 0 aliphatic heterocycles. The summed E-state index contributed by atoms with van der Waals surface area (Å²) in [6.45, 7) is 23.3. The van der Waals surface area contributed by atoms with Gasteiger partial charge in [-0.1, -0.05) is 170 Å². The summed E-state index contributed by atoms with van der Waals surface area (Å²) < 4.78 is 0. The van der Waals surface area contributed by atoms with Crippen molar-refractivity contribution < 1.29 is 23.3 Å². The molecular weight excluding hydrogens is 720 g/mol. The van der Waals surface area contributed by atoms with Crippen LogP contribution in [0, 0.1) is 21.8 Å². The number of benzene rings is 5. The van der Waals surface area contributed by atoms with Crippen molar-refractivity contribution in [1.29, 1.82) is 0 Å². The molecule has 7 rings (SSSR count). The van der Waals surface area contributed by atoms with Gasteiger partial charge in [0.25, 0.3) is 0 Å². The van der Waals surface area contributed by atoms with E-state index in [1.54, 1.807) is 0 Å². The zero-order valence-corrected chi connectivity index (χ0v) is 36.7. The van der Waals surface area contributed by atoms with E-state index in [1.165, 1.54) is 101 Å². The van der Waals surface area contributed by atoms with Gasteiger partial charge in [-0.15, -0.1) is 63.0 Å². The molecule has 7 aromatic rings. The zero-order chi connectivity index (χ0) is 36.2. The average Bonchev–Trinajstić information content (AvgIpc) is 3.72. The molecule has 52 heavy (non-hydrogen) atoms. The first-order valence-electron chi connectivity index (χ1n) is 17.7. The van der Waals surface area contributed by atoms with Crippen molar-refractivity contribution in [2.45, 2.75) is 79.1 Å². The molecule has 268 valence electrons. The second-order valence-electron chi connectivity index (χ2n) is 15.8. The van der Waals surface area contributed by atoms with Crippen LogP contribution in [-0.2, 0) is 34.2 Å². The fraction of sp³-hybridized carbons (Fsp3) is 0.240. The summed E-state index contributed by atoms with van der Waals surface area (Å²) in [4.78, 5) is 0. The summed E-state index contributed by atoms with van der Waals surface area (Å²) in [6, 6.07) is 49.3. The van der Waals surface area contributed by atoms with Gasteiger partial charge in [-0.05, 0) is 44.6 Å². The first-order valence-corrected chi connectivity index (χ1v) is 21.9. The number of rotatable bonds is 4. The van der Waals surface area contributed by atoms with Gasteiger partial charge in [0, 0.05) is 0 Å². The van der Waals surface area contributed by atoms with Crippen LogP contribution in [0.3, 0.4) is 0 Å². The van der Waals surface area contributed by atoms with Crippen LogP contribution in [0.25, 0.3) is 54.9 Å². The van der Waals surface area contributed by atoms with Gasteiger partial charge in [0.1, 0.15) is 0 Å². The van der Waals surface area contributed by atoms with Crippen LogP contribution in [0.5, 0.6) is 0 Å². The van der Waals surface area contributed by atoms with E-state index in [4.69, 9.17) is 0 Å². The van der Waals surface area contributed by atoms with Gasteiger partial charge >= 0.3 is 30.2 Å². The van der Waals surface area contributed by atoms with Crippen molar-refractivity contribution in [1.82, 2.24) is 0 Å². The normalized spacial score (nSPS) is 11.2. The molecule has 0 heterocycles. The monoisotopic (exact) mass is 774 g/mol. The summed E-state index contributed by atoms with van der Waals surface area (Å²) >= 11 is 1.36. The minimum atomic E-state index is 0. The zero-order valence-electron chi connectivity index (χ0n) is 33.3. The van der Waals surface area contributed by atoms with Crippen molar-refractivity contribution in [3.05, 3.63) is 171 Å². The van der Waals surface area contributed by atoms with Crippen molar-refractivity contribution in [2.75, 3.05) is 0 Å². The van der Waals surface area contributed by atoms with E-state index < -0.39 is 0 Å². The van der Waals surface area contributed by atoms with Gasteiger partial charge in [0.05, 0.1) is 0 Å². The first kappa shape index (κ1) is 42.8. The predicted molar refractivity (Wildman–Crippen MR) is 230 cm³/mol. The molecule has 0 saturated carbocycles. The summed E-state index contributed by atoms with van der Waals surface area (Å²) in [7, 11) is 0. The Bertz CT molecular complexity index is 2160. The van der Waals surface area contributed by atoms with Crippen LogP contribution in [-0.4, -0.2) is 6.88 Å². The molecule has 0 aliphatic rings. The Hall–Kier alpha value is -3.58. The number of fused-ring (bicyclic) bond motifs is 2. The summed E-state index contributed by atoms with van der Waals surface area (Å²) in [5.41, 5.74) is 13.6. The van der Waals surface area contributed by atoms with Crippen molar-refractivity contribution in [2.24, 2.45) is 0 Å². The standard InChI is InChI=1S/C30H33.C18H17.2CH3.Si.Zr/c1-20-16-24-18-23(21-8-12-25(13-9-21)29(2,3)4)19-28(27(24)17-20)22-10-14-26(15-11-22)30(5,6)7;1-13(2)16-11-15-9-6-10-17(18(15)12-16)14-7-4-3-5-8-14;;;;/h8-19H,1-7H3;3-13H,1-2H3;2*1H3;;/q4*-1;;. The van der Waals surface area contributed by atoms with E-state index in [2.05, 4.69) is 203 Å². The van der Waals surface area contributed by atoms with Gasteiger partial charge in [-0.3, -0.25) is 0 Å². The third-order valence-corrected chi connectivity index (χ3v) is 9.64. The van der Waals surface area contributed by atoms with Crippen LogP contribution < -0.4 is 0 Å². The molecule has 2 heteroatoms. The molecule has 2 radical (unpaired) electrons. The molecule has 0 amide bonds. The van der Waals surface area contributed by atoms with Crippen LogP contribution >= 0.6 is 0 Å². The summed E-state index contributed by atoms with van der Waals surface area (Å²) in [5.74, 6) is 0.584. The van der Waals surface area contributed by atoms with Crippen molar-refractivity contribution in [3.63, 3.8) is 0 Å². The molecule has 0 spiro atoms. The number of hydrogen-bond donors (Lipinski definition) is 0. The molecule has 0 aliphatic carbocycles. The summed E-state index contributed by atoms with van der Waals surface area (Å²) in [5, 5.41) is 5.37. The predicted octanol–water partition coefficient (Wildman–Crippen LogP) is 14.7. The Labute approximate surface area is 332 Å². The molecule has 0 N–H and O–H groups in total. The molecule has 0 saturated heterocycles. The Kier molecular flexibility index (Phi) is 14.8. The first-order chi connectivity index (χ1) is 23.8. The molecule has 0 aromatic heterocycles. The van der Waals surface area contributed by atoms with Crippen LogP contribution in [0.2, 0.25) is 0 Å². The van der Waals surface area contributed by atoms with Crippen LogP contribution in [0.4, 0.5) is 0 Å². The summed E-state index contributed by atoms with van der Waals surface area (Å²) in [6.07, 6.45) is 0. The number of aryl methyl sites for hydroxylation is 1. The van der Waals surface area contributed by atoms with E-state index in [1.807, 2.05) is 0 Å². The van der Waals surface area contributed by atoms with Gasteiger partial charge in [-0.25, -0.2) is 0 Å². The second kappa shape index (κ2) is 18.0. The van der Waals surface area contributed by atoms with E-state index in [0.717, 1.165) is 0 Å². The van der Waals surface area contributed by atoms with E-state index in [-0.39, 0.29) is 25.7 Å². The topological polar surface area (TPSA) is 0 Å². The molecule has 0 bridgehead atoms. The fourth-order valence-electron chi connectivity index (χ4n) is 6.65. The van der Waals surface area contributed by atoms with Crippen LogP contribution in [0.1, 0.15) is 83.6 Å². The molecule has 0 fully saturated rings. The fourth-order valence-corrected chi connectivity index (χ4v) is 6.65. The minimum absolute atomic E-state index is 0. The van der Waals surface area contributed by atoms with Gasteiger partial charge in [-0.2, -0.15) is 12.1 Å². The molecule has 0 atom stereocenters. The van der Waals surface area contributed by atoms with Crippen molar-refractivity contribution in [3.8, 4) is 33.4 Å². The molecule has 0 nitrogen and oxygen atoms in total. The Morgan fingerprint density at radius 2 is 1.02 bits per heavy atom. The molecular formula is C50H56SiZr-4.